The molecule has 1 aliphatic rings. The summed E-state index contributed by atoms with van der Waals surface area (Å²) >= 11 is 0. The Morgan fingerprint density at radius 3 is 2.75 bits per heavy atom. The van der Waals surface area contributed by atoms with Gasteiger partial charge in [-0.15, -0.1) is 0 Å². The van der Waals surface area contributed by atoms with Crippen molar-refractivity contribution in [1.29, 1.82) is 0 Å². The molecule has 6 heteroatoms. The fourth-order valence-electron chi connectivity index (χ4n) is 4.03. The first-order chi connectivity index (χ1) is 13.7. The van der Waals surface area contributed by atoms with Gasteiger partial charge in [-0.25, -0.2) is 4.98 Å². The first-order valence-electron chi connectivity index (χ1n) is 9.16. The molecule has 2 aromatic heterocycles. The second kappa shape index (κ2) is 6.71. The smallest absolute Gasteiger partial charge is 0.387 e. The Hall–Kier alpha value is -3.28. The van der Waals surface area contributed by atoms with E-state index in [1.54, 1.807) is 18.3 Å². The lowest BCUT2D eigenvalue weighted by Gasteiger charge is -2.19. The average molecular weight is 377 g/mol. The van der Waals surface area contributed by atoms with Crippen molar-refractivity contribution in [3.8, 4) is 16.9 Å². The maximum absolute atomic E-state index is 12.9. The second-order valence-electron chi connectivity index (χ2n) is 6.81. The van der Waals surface area contributed by atoms with Gasteiger partial charge in [-0.05, 0) is 36.2 Å². The molecule has 0 radical (unpaired) electrons. The van der Waals surface area contributed by atoms with Gasteiger partial charge in [0.2, 0.25) is 0 Å². The van der Waals surface area contributed by atoms with Crippen LogP contribution >= 0.6 is 0 Å². The summed E-state index contributed by atoms with van der Waals surface area (Å²) < 4.78 is 32.7. The molecule has 0 bridgehead atoms. The predicted molar refractivity (Wildman–Crippen MR) is 102 cm³/mol. The highest BCUT2D eigenvalue weighted by Crippen LogP contribution is 2.40. The van der Waals surface area contributed by atoms with Gasteiger partial charge in [-0.3, -0.25) is 4.98 Å². The molecular formula is C22H17F2N3O. The van der Waals surface area contributed by atoms with Crippen LogP contribution in [0.3, 0.4) is 0 Å². The molecule has 0 unspecified atom stereocenters. The third-order valence-corrected chi connectivity index (χ3v) is 5.20. The number of para-hydroxylation sites is 1. The van der Waals surface area contributed by atoms with Crippen molar-refractivity contribution in [2.75, 3.05) is 0 Å². The molecule has 0 N–H and O–H groups in total. The summed E-state index contributed by atoms with van der Waals surface area (Å²) in [5, 5.41) is 0. The van der Waals surface area contributed by atoms with E-state index in [2.05, 4.69) is 15.6 Å². The first-order valence-corrected chi connectivity index (χ1v) is 9.16. The van der Waals surface area contributed by atoms with Gasteiger partial charge in [0, 0.05) is 29.9 Å². The number of halogens is 2. The van der Waals surface area contributed by atoms with E-state index < -0.39 is 6.61 Å². The molecule has 140 valence electrons. The number of rotatable bonds is 4. The first kappa shape index (κ1) is 16.9. The van der Waals surface area contributed by atoms with Crippen LogP contribution in [-0.2, 0) is 6.42 Å². The number of alkyl halides is 2. The molecule has 0 amide bonds. The summed E-state index contributed by atoms with van der Waals surface area (Å²) in [5.41, 5.74) is 4.72. The van der Waals surface area contributed by atoms with E-state index in [0.717, 1.165) is 46.4 Å². The van der Waals surface area contributed by atoms with Crippen molar-refractivity contribution in [3.05, 3.63) is 78.4 Å². The van der Waals surface area contributed by atoms with Crippen LogP contribution in [0.1, 0.15) is 23.9 Å². The van der Waals surface area contributed by atoms with Crippen molar-refractivity contribution < 1.29 is 13.5 Å². The van der Waals surface area contributed by atoms with E-state index in [1.165, 1.54) is 0 Å². The van der Waals surface area contributed by atoms with Crippen LogP contribution in [0.25, 0.3) is 22.2 Å². The summed E-state index contributed by atoms with van der Waals surface area (Å²) in [4.78, 5) is 8.95. The Kier molecular flexibility index (Phi) is 4.04. The van der Waals surface area contributed by atoms with E-state index in [-0.39, 0.29) is 11.8 Å². The molecule has 2 aromatic carbocycles. The van der Waals surface area contributed by atoms with Gasteiger partial charge in [0.25, 0.3) is 0 Å². The minimum Gasteiger partial charge on any atom is -0.434 e. The van der Waals surface area contributed by atoms with Crippen molar-refractivity contribution in [2.24, 2.45) is 0 Å². The summed E-state index contributed by atoms with van der Waals surface area (Å²) in [6.07, 6.45) is 5.17. The van der Waals surface area contributed by atoms with Gasteiger partial charge < -0.3 is 9.30 Å². The van der Waals surface area contributed by atoms with Gasteiger partial charge in [0.05, 0.1) is 17.1 Å². The van der Waals surface area contributed by atoms with Gasteiger partial charge in [-0.2, -0.15) is 8.78 Å². The molecule has 4 aromatic rings. The number of hydrogen-bond donors (Lipinski definition) is 0. The zero-order valence-corrected chi connectivity index (χ0v) is 14.9. The van der Waals surface area contributed by atoms with E-state index >= 15 is 0 Å². The minimum atomic E-state index is -2.85. The van der Waals surface area contributed by atoms with Crippen molar-refractivity contribution in [3.63, 3.8) is 0 Å². The third-order valence-electron chi connectivity index (χ3n) is 5.20. The van der Waals surface area contributed by atoms with Crippen LogP contribution in [0.4, 0.5) is 8.78 Å². The van der Waals surface area contributed by atoms with E-state index in [9.17, 15) is 8.78 Å². The maximum Gasteiger partial charge on any atom is 0.387 e. The number of nitrogens with zero attached hydrogens (tertiary/aromatic N) is 3. The Balaban J connectivity index is 1.64. The maximum atomic E-state index is 12.9. The normalized spacial score (nSPS) is 15.9. The molecule has 3 heterocycles. The Morgan fingerprint density at radius 2 is 1.93 bits per heavy atom. The summed E-state index contributed by atoms with van der Waals surface area (Å²) in [6.45, 7) is -2.85. The average Bonchev–Trinajstić information content (AvgIpc) is 3.27. The number of aromatic nitrogens is 3. The van der Waals surface area contributed by atoms with Gasteiger partial charge in [0.15, 0.2) is 0 Å². The van der Waals surface area contributed by atoms with E-state index in [0.29, 0.717) is 0 Å². The van der Waals surface area contributed by atoms with E-state index in [1.807, 2.05) is 42.6 Å². The number of benzene rings is 2. The monoisotopic (exact) mass is 377 g/mol. The lowest BCUT2D eigenvalue weighted by Crippen LogP contribution is -2.10. The summed E-state index contributed by atoms with van der Waals surface area (Å²) in [7, 11) is 0. The van der Waals surface area contributed by atoms with Crippen molar-refractivity contribution in [2.45, 2.75) is 25.5 Å². The largest absolute Gasteiger partial charge is 0.434 e. The van der Waals surface area contributed by atoms with Crippen LogP contribution in [0, 0.1) is 0 Å². The second-order valence-corrected chi connectivity index (χ2v) is 6.81. The fourth-order valence-corrected chi connectivity index (χ4v) is 4.03. The van der Waals surface area contributed by atoms with Gasteiger partial charge >= 0.3 is 6.61 Å². The summed E-state index contributed by atoms with van der Waals surface area (Å²) in [5.74, 6) is 1.19. The third kappa shape index (κ3) is 2.81. The van der Waals surface area contributed by atoms with Crippen LogP contribution in [0.5, 0.6) is 5.75 Å². The quantitative estimate of drug-likeness (QED) is 0.489. The molecule has 0 spiro atoms. The molecule has 1 atom stereocenters. The van der Waals surface area contributed by atoms with Gasteiger partial charge in [-0.1, -0.05) is 30.3 Å². The molecule has 5 rings (SSSR count). The highest BCUT2D eigenvalue weighted by molar-refractivity contribution is 5.83. The molecule has 1 aliphatic heterocycles. The number of fused-ring (bicyclic) bond motifs is 3. The zero-order chi connectivity index (χ0) is 19.1. The van der Waals surface area contributed by atoms with Gasteiger partial charge in [0.1, 0.15) is 11.6 Å². The van der Waals surface area contributed by atoms with Crippen molar-refractivity contribution >= 4 is 11.0 Å². The molecule has 0 fully saturated rings. The molecule has 4 nitrogen and oxygen atoms in total. The molecule has 0 saturated heterocycles. The molecular weight excluding hydrogens is 360 g/mol. The molecule has 28 heavy (non-hydrogen) atoms. The Bertz CT molecular complexity index is 1140. The lowest BCUT2D eigenvalue weighted by atomic mass is 10.0. The zero-order valence-electron chi connectivity index (χ0n) is 14.9. The topological polar surface area (TPSA) is 39.9 Å². The minimum absolute atomic E-state index is 0.0842. The number of imidazole rings is 1. The fraction of sp³-hybridized carbons (Fsp3) is 0.182. The number of ether oxygens (including phenoxy) is 1. The van der Waals surface area contributed by atoms with Crippen LogP contribution in [-0.4, -0.2) is 21.1 Å². The lowest BCUT2D eigenvalue weighted by molar-refractivity contribution is -0.0506. The molecule has 0 saturated carbocycles. The standard InChI is InChI=1S/C22H17F2N3O/c23-22(24)28-20-6-2-1-5-16(20)18-9-10-21-26-17-8-7-14(12-19(17)27(18)21)15-4-3-11-25-13-15/h1-8,11-13,18,22H,9-10H2/t18-/m1/s1. The predicted octanol–water partition coefficient (Wildman–Crippen LogP) is 5.24. The van der Waals surface area contributed by atoms with Crippen LogP contribution in [0.15, 0.2) is 67.0 Å². The highest BCUT2D eigenvalue weighted by atomic mass is 19.3. The summed E-state index contributed by atoms with van der Waals surface area (Å²) in [6, 6.07) is 17.0. The number of pyridine rings is 1. The molecule has 0 aliphatic carbocycles. The SMILES string of the molecule is FC(F)Oc1ccccc1[C@H]1CCc2nc3ccc(-c4cccnc4)cc3n21. The highest BCUT2D eigenvalue weighted by Gasteiger charge is 2.29. The van der Waals surface area contributed by atoms with Crippen LogP contribution in [0.2, 0.25) is 0 Å². The van der Waals surface area contributed by atoms with Crippen molar-refractivity contribution in [1.82, 2.24) is 14.5 Å². The van der Waals surface area contributed by atoms with E-state index in [4.69, 9.17) is 9.72 Å². The van der Waals surface area contributed by atoms with Crippen LogP contribution < -0.4 is 4.74 Å². The Morgan fingerprint density at radius 1 is 1.04 bits per heavy atom. The Labute approximate surface area is 160 Å². The number of hydrogen-bond acceptors (Lipinski definition) is 3. The number of aryl methyl sites for hydroxylation is 1.